The summed E-state index contributed by atoms with van der Waals surface area (Å²) in [5.74, 6) is -1.46. The second-order valence-corrected chi connectivity index (χ2v) is 8.00. The molecule has 3 aromatic carbocycles. The van der Waals surface area contributed by atoms with Crippen molar-refractivity contribution in [1.29, 1.82) is 0 Å². The Balaban J connectivity index is 1.72. The van der Waals surface area contributed by atoms with Crippen LogP contribution >= 0.6 is 0 Å². The summed E-state index contributed by atoms with van der Waals surface area (Å²) in [5.41, 5.74) is 3.24. The van der Waals surface area contributed by atoms with Crippen LogP contribution in [0.4, 0.5) is 22.7 Å². The SMILES string of the molecule is CC(=O)Nc1cc(CO)cc(NC(=O)c2ccc(C(=O)Nc3cc(CO)cc(NC(C)=O)c3)cc2)c1. The van der Waals surface area contributed by atoms with E-state index in [1.165, 1.54) is 38.1 Å². The van der Waals surface area contributed by atoms with Crippen LogP contribution < -0.4 is 21.3 Å². The number of benzene rings is 3. The van der Waals surface area contributed by atoms with Crippen LogP contribution in [-0.2, 0) is 22.8 Å². The number of aliphatic hydroxyl groups excluding tert-OH is 2. The van der Waals surface area contributed by atoms with Gasteiger partial charge in [0.1, 0.15) is 0 Å². The molecule has 186 valence electrons. The maximum atomic E-state index is 12.7. The number of hydrogen-bond donors (Lipinski definition) is 6. The van der Waals surface area contributed by atoms with E-state index in [0.717, 1.165) is 0 Å². The Morgan fingerprint density at radius 2 is 0.861 bits per heavy atom. The average molecular weight is 491 g/mol. The quantitative estimate of drug-likeness (QED) is 0.285. The molecule has 4 amide bonds. The molecule has 0 radical (unpaired) electrons. The lowest BCUT2D eigenvalue weighted by Gasteiger charge is -2.12. The van der Waals surface area contributed by atoms with E-state index >= 15 is 0 Å². The molecule has 0 aliphatic rings. The molecule has 10 nitrogen and oxygen atoms in total. The van der Waals surface area contributed by atoms with Crippen molar-refractivity contribution in [1.82, 2.24) is 0 Å². The highest BCUT2D eigenvalue weighted by atomic mass is 16.3. The van der Waals surface area contributed by atoms with E-state index in [1.807, 2.05) is 0 Å². The van der Waals surface area contributed by atoms with E-state index in [0.29, 0.717) is 33.9 Å². The Morgan fingerprint density at radius 3 is 1.14 bits per heavy atom. The van der Waals surface area contributed by atoms with Crippen molar-refractivity contribution in [2.24, 2.45) is 0 Å². The molecular weight excluding hydrogens is 464 g/mol. The average Bonchev–Trinajstić information content (AvgIpc) is 2.82. The zero-order valence-electron chi connectivity index (χ0n) is 19.7. The highest BCUT2D eigenvalue weighted by Gasteiger charge is 2.12. The fourth-order valence-electron chi connectivity index (χ4n) is 3.44. The summed E-state index contributed by atoms with van der Waals surface area (Å²) < 4.78 is 0. The van der Waals surface area contributed by atoms with E-state index < -0.39 is 11.8 Å². The van der Waals surface area contributed by atoms with Gasteiger partial charge in [-0.25, -0.2) is 0 Å². The van der Waals surface area contributed by atoms with Crippen LogP contribution in [0.5, 0.6) is 0 Å². The first-order chi connectivity index (χ1) is 17.2. The van der Waals surface area contributed by atoms with Crippen LogP contribution in [0.3, 0.4) is 0 Å². The first kappa shape index (κ1) is 26.1. The maximum absolute atomic E-state index is 12.7. The van der Waals surface area contributed by atoms with Crippen molar-refractivity contribution in [3.8, 4) is 0 Å². The fraction of sp³-hybridized carbons (Fsp3) is 0.154. The summed E-state index contributed by atoms with van der Waals surface area (Å²) in [5, 5.41) is 29.5. The van der Waals surface area contributed by atoms with Crippen molar-refractivity contribution < 1.29 is 29.4 Å². The molecule has 0 fully saturated rings. The molecule has 0 aliphatic heterocycles. The molecule has 0 saturated heterocycles. The van der Waals surface area contributed by atoms with Crippen molar-refractivity contribution in [3.63, 3.8) is 0 Å². The normalized spacial score (nSPS) is 10.3. The molecule has 0 aromatic heterocycles. The van der Waals surface area contributed by atoms with Crippen molar-refractivity contribution in [2.45, 2.75) is 27.1 Å². The topological polar surface area (TPSA) is 157 Å². The van der Waals surface area contributed by atoms with Crippen LogP contribution in [0.1, 0.15) is 45.7 Å². The first-order valence-corrected chi connectivity index (χ1v) is 10.9. The second kappa shape index (κ2) is 11.7. The summed E-state index contributed by atoms with van der Waals surface area (Å²) in [6.07, 6.45) is 0. The molecule has 0 unspecified atom stereocenters. The zero-order chi connectivity index (χ0) is 26.2. The van der Waals surface area contributed by atoms with Crippen LogP contribution in [0.25, 0.3) is 0 Å². The van der Waals surface area contributed by atoms with E-state index in [4.69, 9.17) is 0 Å². The number of amides is 4. The summed E-state index contributed by atoms with van der Waals surface area (Å²) >= 11 is 0. The Bertz CT molecular complexity index is 1200. The molecular formula is C26H26N4O6. The maximum Gasteiger partial charge on any atom is 0.255 e. The van der Waals surface area contributed by atoms with Crippen molar-refractivity contribution in [2.75, 3.05) is 21.3 Å². The van der Waals surface area contributed by atoms with E-state index in [9.17, 15) is 29.4 Å². The zero-order valence-corrected chi connectivity index (χ0v) is 19.7. The minimum absolute atomic E-state index is 0.270. The predicted molar refractivity (Wildman–Crippen MR) is 136 cm³/mol. The lowest BCUT2D eigenvalue weighted by molar-refractivity contribution is -0.115. The highest BCUT2D eigenvalue weighted by Crippen LogP contribution is 2.22. The molecule has 0 saturated carbocycles. The summed E-state index contributed by atoms with van der Waals surface area (Å²) in [6, 6.07) is 15.4. The lowest BCUT2D eigenvalue weighted by Crippen LogP contribution is -2.15. The molecule has 0 atom stereocenters. The van der Waals surface area contributed by atoms with Crippen LogP contribution in [-0.4, -0.2) is 33.8 Å². The summed E-state index contributed by atoms with van der Waals surface area (Å²) in [7, 11) is 0. The molecule has 0 spiro atoms. The van der Waals surface area contributed by atoms with Gasteiger partial charge in [0.15, 0.2) is 0 Å². The molecule has 6 N–H and O–H groups in total. The van der Waals surface area contributed by atoms with Gasteiger partial charge in [0.05, 0.1) is 13.2 Å². The van der Waals surface area contributed by atoms with Gasteiger partial charge >= 0.3 is 0 Å². The van der Waals surface area contributed by atoms with Crippen LogP contribution in [0.2, 0.25) is 0 Å². The Morgan fingerprint density at radius 1 is 0.556 bits per heavy atom. The number of carbonyl (C=O) groups excluding carboxylic acids is 4. The van der Waals surface area contributed by atoms with Gasteiger partial charge in [0, 0.05) is 47.7 Å². The number of hydrogen-bond acceptors (Lipinski definition) is 6. The van der Waals surface area contributed by atoms with Crippen LogP contribution in [0.15, 0.2) is 60.7 Å². The molecule has 10 heteroatoms. The highest BCUT2D eigenvalue weighted by molar-refractivity contribution is 6.07. The van der Waals surface area contributed by atoms with Gasteiger partial charge in [-0.2, -0.15) is 0 Å². The number of nitrogens with one attached hydrogen (secondary N) is 4. The minimum Gasteiger partial charge on any atom is -0.392 e. The predicted octanol–water partition coefficient (Wildman–Crippen LogP) is 3.09. The molecule has 0 bridgehead atoms. The van der Waals surface area contributed by atoms with Crippen molar-refractivity contribution in [3.05, 3.63) is 82.9 Å². The number of carbonyl (C=O) groups is 4. The number of anilines is 4. The Hall–Kier alpha value is -4.54. The summed E-state index contributed by atoms with van der Waals surface area (Å²) in [4.78, 5) is 48.1. The lowest BCUT2D eigenvalue weighted by atomic mass is 10.1. The van der Waals surface area contributed by atoms with Gasteiger partial charge in [-0.05, 0) is 71.8 Å². The second-order valence-electron chi connectivity index (χ2n) is 8.00. The standard InChI is InChI=1S/C26H26N4O6/c1-15(33)27-21-7-17(13-31)9-23(11-21)29-25(35)19-3-5-20(6-4-19)26(36)30-24-10-18(14-32)8-22(12-24)28-16(2)34/h3-12,31-32H,13-14H2,1-2H3,(H,27,33)(H,28,34)(H,29,35)(H,30,36). The molecule has 3 rings (SSSR count). The third-order valence-electron chi connectivity index (χ3n) is 4.92. The van der Waals surface area contributed by atoms with Gasteiger partial charge in [-0.1, -0.05) is 0 Å². The fourth-order valence-corrected chi connectivity index (χ4v) is 3.44. The number of aliphatic hydroxyl groups is 2. The van der Waals surface area contributed by atoms with E-state index in [-0.39, 0.29) is 36.2 Å². The van der Waals surface area contributed by atoms with Gasteiger partial charge in [-0.3, -0.25) is 19.2 Å². The Labute approximate surface area is 207 Å². The first-order valence-electron chi connectivity index (χ1n) is 10.9. The van der Waals surface area contributed by atoms with Gasteiger partial charge < -0.3 is 31.5 Å². The third kappa shape index (κ3) is 7.23. The minimum atomic E-state index is -0.443. The van der Waals surface area contributed by atoms with Gasteiger partial charge in [0.2, 0.25) is 11.8 Å². The molecule has 0 heterocycles. The molecule has 0 aliphatic carbocycles. The number of rotatable bonds is 8. The van der Waals surface area contributed by atoms with Gasteiger partial charge in [0.25, 0.3) is 11.8 Å². The largest absolute Gasteiger partial charge is 0.392 e. The van der Waals surface area contributed by atoms with E-state index in [1.54, 1.807) is 36.4 Å². The van der Waals surface area contributed by atoms with Crippen LogP contribution in [0, 0.1) is 0 Å². The smallest absolute Gasteiger partial charge is 0.255 e. The molecule has 36 heavy (non-hydrogen) atoms. The third-order valence-corrected chi connectivity index (χ3v) is 4.92. The Kier molecular flexibility index (Phi) is 8.50. The van der Waals surface area contributed by atoms with Crippen molar-refractivity contribution >= 4 is 46.4 Å². The summed E-state index contributed by atoms with van der Waals surface area (Å²) in [6.45, 7) is 2.17. The van der Waals surface area contributed by atoms with E-state index in [2.05, 4.69) is 21.3 Å². The van der Waals surface area contributed by atoms with Gasteiger partial charge in [-0.15, -0.1) is 0 Å². The molecule has 3 aromatic rings. The monoisotopic (exact) mass is 490 g/mol.